The molecule has 0 atom stereocenters. The molecule has 1 aliphatic carbocycles. The number of carbonyl (C=O) groups excluding carboxylic acids is 1. The average molecular weight is 254 g/mol. The van der Waals surface area contributed by atoms with Crippen LogP contribution in [0.25, 0.3) is 6.08 Å². The normalized spacial score (nSPS) is 21.8. The van der Waals surface area contributed by atoms with E-state index in [-0.39, 0.29) is 5.91 Å². The predicted octanol–water partition coefficient (Wildman–Crippen LogP) is 3.05. The molecule has 0 aromatic heterocycles. The molecular weight excluding hydrogens is 236 g/mol. The Morgan fingerprint density at radius 2 is 2.00 bits per heavy atom. The first-order valence-electron chi connectivity index (χ1n) is 6.91. The number of aliphatic imine (C=N–C) groups is 1. The van der Waals surface area contributed by atoms with Crippen molar-refractivity contribution in [3.63, 3.8) is 0 Å². The number of amides is 1. The highest BCUT2D eigenvalue weighted by Crippen LogP contribution is 2.28. The van der Waals surface area contributed by atoms with Gasteiger partial charge in [-0.25, -0.2) is 4.99 Å². The Balaban J connectivity index is 1.88. The molecule has 1 heterocycles. The summed E-state index contributed by atoms with van der Waals surface area (Å²) in [6.07, 6.45) is 6.67. The van der Waals surface area contributed by atoms with Gasteiger partial charge in [0.1, 0.15) is 11.5 Å². The Hall–Kier alpha value is -1.90. The van der Waals surface area contributed by atoms with Gasteiger partial charge in [0.05, 0.1) is 0 Å². The van der Waals surface area contributed by atoms with Gasteiger partial charge >= 0.3 is 0 Å². The molecule has 3 heteroatoms. The maximum atomic E-state index is 12.0. The zero-order chi connectivity index (χ0) is 13.2. The summed E-state index contributed by atoms with van der Waals surface area (Å²) in [4.78, 5) is 16.5. The number of hydrogen-bond acceptors (Lipinski definition) is 2. The second kappa shape index (κ2) is 5.00. The summed E-state index contributed by atoms with van der Waals surface area (Å²) in [5, 5.41) is 2.93. The first kappa shape index (κ1) is 12.2. The van der Waals surface area contributed by atoms with E-state index >= 15 is 0 Å². The van der Waals surface area contributed by atoms with E-state index in [1.54, 1.807) is 0 Å². The van der Waals surface area contributed by atoms with Crippen LogP contribution in [-0.2, 0) is 4.79 Å². The topological polar surface area (TPSA) is 41.5 Å². The molecule has 1 N–H and O–H groups in total. The highest BCUT2D eigenvalue weighted by molar-refractivity contribution is 6.15. The molecule has 3 rings (SSSR count). The molecule has 0 unspecified atom stereocenters. The third-order valence-electron chi connectivity index (χ3n) is 3.94. The fraction of sp³-hybridized carbons (Fsp3) is 0.375. The molecule has 1 aromatic rings. The molecule has 3 nitrogen and oxygen atoms in total. The molecule has 0 radical (unpaired) electrons. The lowest BCUT2D eigenvalue weighted by atomic mass is 10.1. The lowest BCUT2D eigenvalue weighted by Crippen LogP contribution is -2.29. The molecule has 1 aromatic carbocycles. The van der Waals surface area contributed by atoms with Crippen LogP contribution in [0, 0.1) is 12.8 Å². The van der Waals surface area contributed by atoms with E-state index in [9.17, 15) is 4.79 Å². The number of rotatable bonds is 2. The number of aryl methyl sites for hydroxylation is 1. The number of benzene rings is 1. The summed E-state index contributed by atoms with van der Waals surface area (Å²) < 4.78 is 0. The second-order valence-electron chi connectivity index (χ2n) is 5.32. The van der Waals surface area contributed by atoms with Crippen molar-refractivity contribution in [3.05, 3.63) is 41.1 Å². The molecule has 2 aliphatic rings. The van der Waals surface area contributed by atoms with Crippen LogP contribution in [0.4, 0.5) is 0 Å². The van der Waals surface area contributed by atoms with Crippen LogP contribution in [-0.4, -0.2) is 11.7 Å². The first-order chi connectivity index (χ1) is 9.24. The SMILES string of the molecule is Cc1ccccc1/C=C1\N=C(C2CCCC2)NC1=O. The van der Waals surface area contributed by atoms with Gasteiger partial charge < -0.3 is 5.32 Å². The van der Waals surface area contributed by atoms with Crippen LogP contribution in [0.5, 0.6) is 0 Å². The molecular formula is C16H18N2O. The minimum Gasteiger partial charge on any atom is -0.308 e. The van der Waals surface area contributed by atoms with Gasteiger partial charge in [-0.15, -0.1) is 0 Å². The number of hydrogen-bond donors (Lipinski definition) is 1. The van der Waals surface area contributed by atoms with E-state index in [0.29, 0.717) is 11.6 Å². The Kier molecular flexibility index (Phi) is 3.20. The molecule has 1 aliphatic heterocycles. The fourth-order valence-corrected chi connectivity index (χ4v) is 2.78. The largest absolute Gasteiger partial charge is 0.308 e. The average Bonchev–Trinajstić information content (AvgIpc) is 3.02. The van der Waals surface area contributed by atoms with Crippen LogP contribution in [0.15, 0.2) is 35.0 Å². The quantitative estimate of drug-likeness (QED) is 0.810. The van der Waals surface area contributed by atoms with E-state index in [0.717, 1.165) is 29.8 Å². The maximum absolute atomic E-state index is 12.0. The highest BCUT2D eigenvalue weighted by atomic mass is 16.2. The lowest BCUT2D eigenvalue weighted by Gasteiger charge is -2.06. The first-order valence-corrected chi connectivity index (χ1v) is 6.91. The second-order valence-corrected chi connectivity index (χ2v) is 5.32. The van der Waals surface area contributed by atoms with E-state index in [2.05, 4.69) is 10.3 Å². The van der Waals surface area contributed by atoms with Gasteiger partial charge in [0.15, 0.2) is 0 Å². The van der Waals surface area contributed by atoms with E-state index in [1.807, 2.05) is 37.3 Å². The van der Waals surface area contributed by atoms with Gasteiger partial charge in [-0.3, -0.25) is 4.79 Å². The predicted molar refractivity (Wildman–Crippen MR) is 76.7 cm³/mol. The third-order valence-corrected chi connectivity index (χ3v) is 3.94. The highest BCUT2D eigenvalue weighted by Gasteiger charge is 2.28. The Labute approximate surface area is 113 Å². The molecule has 0 saturated heterocycles. The molecule has 1 saturated carbocycles. The smallest absolute Gasteiger partial charge is 0.275 e. The van der Waals surface area contributed by atoms with Crippen LogP contribution in [0.2, 0.25) is 0 Å². The number of nitrogens with zero attached hydrogens (tertiary/aromatic N) is 1. The van der Waals surface area contributed by atoms with Crippen LogP contribution in [0.1, 0.15) is 36.8 Å². The Morgan fingerprint density at radius 3 is 2.74 bits per heavy atom. The van der Waals surface area contributed by atoms with Gasteiger partial charge in [0, 0.05) is 5.92 Å². The zero-order valence-electron chi connectivity index (χ0n) is 11.1. The summed E-state index contributed by atoms with van der Waals surface area (Å²) in [6.45, 7) is 2.04. The standard InChI is InChI=1S/C16H18N2O/c1-11-6-2-3-9-13(11)10-14-16(19)18-15(17-14)12-7-4-5-8-12/h2-3,6,9-10,12H,4-5,7-8H2,1H3,(H,17,18,19)/b14-10-. The molecule has 0 bridgehead atoms. The van der Waals surface area contributed by atoms with Gasteiger partial charge in [-0.2, -0.15) is 0 Å². The molecule has 1 fully saturated rings. The van der Waals surface area contributed by atoms with Gasteiger partial charge in [-0.1, -0.05) is 37.1 Å². The van der Waals surface area contributed by atoms with Crippen molar-refractivity contribution in [2.24, 2.45) is 10.9 Å². The summed E-state index contributed by atoms with van der Waals surface area (Å²) >= 11 is 0. The van der Waals surface area contributed by atoms with Crippen molar-refractivity contribution < 1.29 is 4.79 Å². The molecule has 1 amide bonds. The monoisotopic (exact) mass is 254 g/mol. The molecule has 98 valence electrons. The number of carbonyl (C=O) groups is 1. The summed E-state index contributed by atoms with van der Waals surface area (Å²) in [5.41, 5.74) is 2.76. The Bertz CT molecular complexity index is 566. The maximum Gasteiger partial charge on any atom is 0.275 e. The zero-order valence-corrected chi connectivity index (χ0v) is 11.1. The van der Waals surface area contributed by atoms with Crippen molar-refractivity contribution in [2.45, 2.75) is 32.6 Å². The van der Waals surface area contributed by atoms with E-state index < -0.39 is 0 Å². The number of amidine groups is 1. The van der Waals surface area contributed by atoms with Gasteiger partial charge in [-0.05, 0) is 37.0 Å². The van der Waals surface area contributed by atoms with Crippen molar-refractivity contribution in [2.75, 3.05) is 0 Å². The van der Waals surface area contributed by atoms with Crippen molar-refractivity contribution >= 4 is 17.8 Å². The Morgan fingerprint density at radius 1 is 1.26 bits per heavy atom. The minimum absolute atomic E-state index is 0.0647. The fourth-order valence-electron chi connectivity index (χ4n) is 2.78. The van der Waals surface area contributed by atoms with E-state index in [4.69, 9.17) is 0 Å². The van der Waals surface area contributed by atoms with E-state index in [1.165, 1.54) is 12.8 Å². The summed E-state index contributed by atoms with van der Waals surface area (Å²) in [5.74, 6) is 1.26. The summed E-state index contributed by atoms with van der Waals surface area (Å²) in [7, 11) is 0. The van der Waals surface area contributed by atoms with Crippen LogP contribution in [0.3, 0.4) is 0 Å². The van der Waals surface area contributed by atoms with Crippen LogP contribution < -0.4 is 5.32 Å². The molecule has 19 heavy (non-hydrogen) atoms. The molecule has 0 spiro atoms. The minimum atomic E-state index is -0.0647. The van der Waals surface area contributed by atoms with Gasteiger partial charge in [0.25, 0.3) is 5.91 Å². The van der Waals surface area contributed by atoms with Crippen LogP contribution >= 0.6 is 0 Å². The number of nitrogens with one attached hydrogen (secondary N) is 1. The lowest BCUT2D eigenvalue weighted by molar-refractivity contribution is -0.115. The summed E-state index contributed by atoms with van der Waals surface area (Å²) in [6, 6.07) is 8.03. The van der Waals surface area contributed by atoms with Crippen molar-refractivity contribution in [3.8, 4) is 0 Å². The van der Waals surface area contributed by atoms with Crippen molar-refractivity contribution in [1.29, 1.82) is 0 Å². The third kappa shape index (κ3) is 2.46. The van der Waals surface area contributed by atoms with Gasteiger partial charge in [0.2, 0.25) is 0 Å². The van der Waals surface area contributed by atoms with Crippen molar-refractivity contribution in [1.82, 2.24) is 5.32 Å².